The Morgan fingerprint density at radius 1 is 0.880 bits per heavy atom. The van der Waals surface area contributed by atoms with Crippen molar-refractivity contribution >= 4 is 5.57 Å². The van der Waals surface area contributed by atoms with Crippen molar-refractivity contribution in [1.82, 2.24) is 0 Å². The largest absolute Gasteiger partial charge is 0.414 e. The first-order chi connectivity index (χ1) is 11.6. The molecule has 0 unspecified atom stereocenters. The van der Waals surface area contributed by atoms with E-state index in [4.69, 9.17) is 5.26 Å². The molecule has 2 aromatic rings. The minimum absolute atomic E-state index is 0.0649. The molecule has 0 spiro atoms. The maximum Gasteiger partial charge on any atom is 0.414 e. The smallest absolute Gasteiger partial charge is 0.198 e. The Hall–Kier alpha value is -2.54. The van der Waals surface area contributed by atoms with Crippen molar-refractivity contribution in [3.05, 3.63) is 76.9 Å². The lowest BCUT2D eigenvalue weighted by Gasteiger charge is -2.21. The van der Waals surface area contributed by atoms with Crippen molar-refractivity contribution in [2.45, 2.75) is 38.8 Å². The fraction of sp³-hybridized carbons (Fsp3) is 0.286. The van der Waals surface area contributed by atoms with E-state index < -0.39 is 18.2 Å². The molecule has 0 saturated heterocycles. The molecule has 130 valence electrons. The van der Waals surface area contributed by atoms with Crippen LogP contribution in [-0.2, 0) is 5.41 Å². The normalized spacial score (nSPS) is 13.2. The van der Waals surface area contributed by atoms with Crippen molar-refractivity contribution in [2.24, 2.45) is 0 Å². The summed E-state index contributed by atoms with van der Waals surface area (Å²) in [6.07, 6.45) is -5.25. The number of halogens is 3. The second kappa shape index (κ2) is 7.14. The van der Waals surface area contributed by atoms with Gasteiger partial charge in [0, 0.05) is 0 Å². The van der Waals surface area contributed by atoms with Gasteiger partial charge in [0.1, 0.15) is 0 Å². The van der Waals surface area contributed by atoms with E-state index in [0.717, 1.165) is 5.56 Å². The summed E-state index contributed by atoms with van der Waals surface area (Å²) in [4.78, 5) is 0. The Morgan fingerprint density at radius 2 is 1.40 bits per heavy atom. The number of hydrogen-bond donors (Lipinski definition) is 0. The monoisotopic (exact) mass is 343 g/mol. The summed E-state index contributed by atoms with van der Waals surface area (Å²) in [7, 11) is 0. The quantitative estimate of drug-likeness (QED) is 0.645. The first-order valence-corrected chi connectivity index (χ1v) is 7.98. The summed E-state index contributed by atoms with van der Waals surface area (Å²) in [6.45, 7) is 6.15. The van der Waals surface area contributed by atoms with Crippen LogP contribution in [0.3, 0.4) is 0 Å². The highest BCUT2D eigenvalue weighted by Crippen LogP contribution is 2.38. The molecule has 0 aliphatic heterocycles. The molecule has 1 nitrogen and oxygen atoms in total. The van der Waals surface area contributed by atoms with Gasteiger partial charge in [-0.1, -0.05) is 75.4 Å². The molecule has 0 fully saturated rings. The third kappa shape index (κ3) is 4.51. The summed E-state index contributed by atoms with van der Waals surface area (Å²) in [5.41, 5.74) is 1.11. The van der Waals surface area contributed by atoms with Gasteiger partial charge < -0.3 is 0 Å². The van der Waals surface area contributed by atoms with Gasteiger partial charge in [-0.05, 0) is 27.7 Å². The van der Waals surface area contributed by atoms with Gasteiger partial charge in [0.05, 0.1) is 18.1 Å². The van der Waals surface area contributed by atoms with E-state index in [9.17, 15) is 13.2 Å². The molecule has 25 heavy (non-hydrogen) atoms. The molecule has 0 N–H and O–H groups in total. The average Bonchev–Trinajstić information content (AvgIpc) is 2.54. The zero-order valence-electron chi connectivity index (χ0n) is 14.5. The number of hydrogen-bond acceptors (Lipinski definition) is 1. The summed E-state index contributed by atoms with van der Waals surface area (Å²) in [5, 5.41) is 8.91. The van der Waals surface area contributed by atoms with Gasteiger partial charge in [-0.25, -0.2) is 0 Å². The number of allylic oxidation sites excluding steroid dienone is 1. The molecule has 0 atom stereocenters. The predicted molar refractivity (Wildman–Crippen MR) is 93.9 cm³/mol. The summed E-state index contributed by atoms with van der Waals surface area (Å²) >= 11 is 0. The van der Waals surface area contributed by atoms with Crippen LogP contribution in [0.15, 0.2) is 60.2 Å². The van der Waals surface area contributed by atoms with Crippen LogP contribution in [-0.4, -0.2) is 6.18 Å². The van der Waals surface area contributed by atoms with Gasteiger partial charge in [0.15, 0.2) is 0 Å². The fourth-order valence-corrected chi connectivity index (χ4v) is 2.67. The molecule has 0 aliphatic carbocycles. The Kier molecular flexibility index (Phi) is 5.37. The Morgan fingerprint density at radius 3 is 1.84 bits per heavy atom. The molecule has 0 saturated carbocycles. The van der Waals surface area contributed by atoms with Gasteiger partial charge in [-0.2, -0.15) is 18.4 Å². The molecule has 0 aliphatic rings. The SMILES string of the molecule is CC(C)(C)c1ccc(/C(=C(\CC#N)C(F)(F)F)c2ccccc2)cc1. The van der Waals surface area contributed by atoms with E-state index in [1.54, 1.807) is 48.5 Å². The van der Waals surface area contributed by atoms with Crippen LogP contribution in [0, 0.1) is 11.3 Å². The standard InChI is InChI=1S/C21H20F3N/c1-20(2,3)17-11-9-16(10-12-17)19(15-7-5-4-6-8-15)18(13-14-25)21(22,23)24/h4-12H,13H2,1-3H3/b19-18+. The molecule has 0 aromatic heterocycles. The maximum atomic E-state index is 13.6. The lowest BCUT2D eigenvalue weighted by atomic mass is 9.84. The topological polar surface area (TPSA) is 23.8 Å². The maximum absolute atomic E-state index is 13.6. The number of alkyl halides is 3. The van der Waals surface area contributed by atoms with Crippen LogP contribution in [0.25, 0.3) is 5.57 Å². The predicted octanol–water partition coefficient (Wildman–Crippen LogP) is 6.26. The molecule has 0 bridgehead atoms. The van der Waals surface area contributed by atoms with Gasteiger partial charge in [-0.3, -0.25) is 0 Å². The molecular formula is C21H20F3N. The third-order valence-electron chi connectivity index (χ3n) is 4.00. The third-order valence-corrected chi connectivity index (χ3v) is 4.00. The number of nitriles is 1. The summed E-state index contributed by atoms with van der Waals surface area (Å²) < 4.78 is 40.8. The highest BCUT2D eigenvalue weighted by Gasteiger charge is 2.36. The zero-order chi connectivity index (χ0) is 18.7. The van der Waals surface area contributed by atoms with Crippen LogP contribution >= 0.6 is 0 Å². The Bertz CT molecular complexity index is 786. The van der Waals surface area contributed by atoms with Gasteiger partial charge in [-0.15, -0.1) is 0 Å². The zero-order valence-corrected chi connectivity index (χ0v) is 14.5. The number of nitrogens with zero attached hydrogens (tertiary/aromatic N) is 1. The van der Waals surface area contributed by atoms with Crippen LogP contribution in [0.5, 0.6) is 0 Å². The first-order valence-electron chi connectivity index (χ1n) is 7.98. The minimum Gasteiger partial charge on any atom is -0.198 e. The summed E-state index contributed by atoms with van der Waals surface area (Å²) in [5.74, 6) is 0. The highest BCUT2D eigenvalue weighted by molar-refractivity contribution is 5.83. The van der Waals surface area contributed by atoms with Gasteiger partial charge >= 0.3 is 6.18 Å². The van der Waals surface area contributed by atoms with Crippen molar-refractivity contribution in [2.75, 3.05) is 0 Å². The first kappa shape index (κ1) is 18.8. The Labute approximate surface area is 146 Å². The van der Waals surface area contributed by atoms with E-state index in [1.807, 2.05) is 32.9 Å². The fourth-order valence-electron chi connectivity index (χ4n) is 2.67. The van der Waals surface area contributed by atoms with Crippen LogP contribution in [0.4, 0.5) is 13.2 Å². The van der Waals surface area contributed by atoms with Gasteiger partial charge in [0.25, 0.3) is 0 Å². The molecule has 2 rings (SSSR count). The van der Waals surface area contributed by atoms with Crippen LogP contribution in [0.1, 0.15) is 43.9 Å². The lowest BCUT2D eigenvalue weighted by molar-refractivity contribution is -0.0921. The van der Waals surface area contributed by atoms with E-state index in [0.29, 0.717) is 11.1 Å². The van der Waals surface area contributed by atoms with Crippen molar-refractivity contribution in [1.29, 1.82) is 5.26 Å². The van der Waals surface area contributed by atoms with E-state index in [2.05, 4.69) is 0 Å². The average molecular weight is 343 g/mol. The molecule has 0 amide bonds. The van der Waals surface area contributed by atoms with E-state index >= 15 is 0 Å². The minimum atomic E-state index is -4.57. The van der Waals surface area contributed by atoms with E-state index in [-0.39, 0.29) is 11.0 Å². The molecule has 0 radical (unpaired) electrons. The molecule has 2 aromatic carbocycles. The Balaban J connectivity index is 2.70. The van der Waals surface area contributed by atoms with Crippen LogP contribution < -0.4 is 0 Å². The molecule has 0 heterocycles. The number of benzene rings is 2. The number of rotatable bonds is 3. The van der Waals surface area contributed by atoms with Crippen molar-refractivity contribution in [3.63, 3.8) is 0 Å². The second-order valence-corrected chi connectivity index (χ2v) is 6.88. The highest BCUT2D eigenvalue weighted by atomic mass is 19.4. The van der Waals surface area contributed by atoms with Crippen molar-refractivity contribution < 1.29 is 13.2 Å². The van der Waals surface area contributed by atoms with Gasteiger partial charge in [0.2, 0.25) is 0 Å². The second-order valence-electron chi connectivity index (χ2n) is 6.88. The van der Waals surface area contributed by atoms with Crippen molar-refractivity contribution in [3.8, 4) is 6.07 Å². The lowest BCUT2D eigenvalue weighted by Crippen LogP contribution is -2.15. The van der Waals surface area contributed by atoms with E-state index in [1.165, 1.54) is 0 Å². The summed E-state index contributed by atoms with van der Waals surface area (Å²) in [6, 6.07) is 17.2. The molecular weight excluding hydrogens is 323 g/mol. The molecule has 4 heteroatoms. The van der Waals surface area contributed by atoms with Crippen LogP contribution in [0.2, 0.25) is 0 Å².